The molecule has 0 aliphatic heterocycles. The SMILES string of the molecule is N#CSc1ccc(-c2cc(F)c(C#Cc3ccc(CC4CC4)s3)cc2F)cc1. The lowest BCUT2D eigenvalue weighted by atomic mass is 10.0. The summed E-state index contributed by atoms with van der Waals surface area (Å²) in [6.07, 6.45) is 3.70. The van der Waals surface area contributed by atoms with Gasteiger partial charge in [0.15, 0.2) is 0 Å². The Labute approximate surface area is 171 Å². The predicted octanol–water partition coefficient (Wildman–Crippen LogP) is 6.62. The molecule has 1 nitrogen and oxygen atoms in total. The van der Waals surface area contributed by atoms with Crippen LogP contribution in [0.1, 0.15) is 28.2 Å². The Morgan fingerprint density at radius 1 is 1.00 bits per heavy atom. The van der Waals surface area contributed by atoms with Crippen LogP contribution in [0.2, 0.25) is 0 Å². The molecule has 1 aromatic heterocycles. The first kappa shape index (κ1) is 18.7. The minimum Gasteiger partial charge on any atom is -0.206 e. The maximum Gasteiger partial charge on any atom is 0.139 e. The van der Waals surface area contributed by atoms with Gasteiger partial charge in [0.05, 0.1) is 10.4 Å². The van der Waals surface area contributed by atoms with Gasteiger partial charge in [-0.15, -0.1) is 11.3 Å². The lowest BCUT2D eigenvalue weighted by Crippen LogP contribution is -1.91. The van der Waals surface area contributed by atoms with Crippen LogP contribution < -0.4 is 0 Å². The molecule has 0 radical (unpaired) electrons. The van der Waals surface area contributed by atoms with Gasteiger partial charge in [-0.25, -0.2) is 8.78 Å². The number of thioether (sulfide) groups is 1. The van der Waals surface area contributed by atoms with Gasteiger partial charge in [0.2, 0.25) is 0 Å². The Kier molecular flexibility index (Phi) is 5.48. The normalized spacial score (nSPS) is 12.9. The minimum absolute atomic E-state index is 0.0510. The van der Waals surface area contributed by atoms with Crippen molar-refractivity contribution in [2.75, 3.05) is 0 Å². The molecule has 3 aromatic rings. The first-order chi connectivity index (χ1) is 13.6. The number of rotatable bonds is 4. The zero-order valence-electron chi connectivity index (χ0n) is 14.8. The molecule has 0 bridgehead atoms. The lowest BCUT2D eigenvalue weighted by molar-refractivity contribution is 0.600. The minimum atomic E-state index is -0.547. The predicted molar refractivity (Wildman–Crippen MR) is 110 cm³/mol. The molecule has 4 rings (SSSR count). The second kappa shape index (κ2) is 8.19. The summed E-state index contributed by atoms with van der Waals surface area (Å²) in [6, 6.07) is 13.1. The van der Waals surface area contributed by atoms with Crippen LogP contribution in [-0.4, -0.2) is 0 Å². The number of hydrogen-bond donors (Lipinski definition) is 0. The molecule has 0 saturated heterocycles. The molecular formula is C23H15F2NS2. The highest BCUT2D eigenvalue weighted by atomic mass is 32.2. The van der Waals surface area contributed by atoms with E-state index in [2.05, 4.69) is 17.9 Å². The molecule has 0 N–H and O–H groups in total. The smallest absolute Gasteiger partial charge is 0.139 e. The Bertz CT molecular complexity index is 1110. The van der Waals surface area contributed by atoms with Crippen LogP contribution in [0.3, 0.4) is 0 Å². The number of benzene rings is 2. The van der Waals surface area contributed by atoms with Crippen molar-refractivity contribution in [2.45, 2.75) is 24.2 Å². The van der Waals surface area contributed by atoms with Crippen molar-refractivity contribution in [2.24, 2.45) is 5.92 Å². The third-order valence-electron chi connectivity index (χ3n) is 4.55. The van der Waals surface area contributed by atoms with Gasteiger partial charge in [0.25, 0.3) is 0 Å². The van der Waals surface area contributed by atoms with Crippen molar-refractivity contribution in [1.82, 2.24) is 0 Å². The Hall–Kier alpha value is -2.60. The quantitative estimate of drug-likeness (QED) is 0.276. The number of halogens is 2. The molecule has 0 spiro atoms. The second-order valence-electron chi connectivity index (χ2n) is 6.69. The fourth-order valence-corrected chi connectivity index (χ4v) is 4.26. The fraction of sp³-hybridized carbons (Fsp3) is 0.174. The zero-order chi connectivity index (χ0) is 19.5. The van der Waals surface area contributed by atoms with Crippen molar-refractivity contribution in [3.8, 4) is 28.4 Å². The summed E-state index contributed by atoms with van der Waals surface area (Å²) in [4.78, 5) is 2.92. The van der Waals surface area contributed by atoms with Crippen molar-refractivity contribution in [3.63, 3.8) is 0 Å². The summed E-state index contributed by atoms with van der Waals surface area (Å²) in [7, 11) is 0. The summed E-state index contributed by atoms with van der Waals surface area (Å²) in [6.45, 7) is 0. The third kappa shape index (κ3) is 4.44. The van der Waals surface area contributed by atoms with Crippen molar-refractivity contribution >= 4 is 23.1 Å². The number of thiocyanates is 1. The van der Waals surface area contributed by atoms with E-state index in [9.17, 15) is 8.78 Å². The number of nitriles is 1. The van der Waals surface area contributed by atoms with E-state index in [-0.39, 0.29) is 11.1 Å². The van der Waals surface area contributed by atoms with Gasteiger partial charge in [0, 0.05) is 15.3 Å². The number of nitrogens with zero attached hydrogens (tertiary/aromatic N) is 1. The van der Waals surface area contributed by atoms with Crippen LogP contribution in [0.25, 0.3) is 11.1 Å². The number of hydrogen-bond acceptors (Lipinski definition) is 3. The average Bonchev–Trinajstić information content (AvgIpc) is 3.39. The Morgan fingerprint density at radius 3 is 2.50 bits per heavy atom. The fourth-order valence-electron chi connectivity index (χ4n) is 2.91. The lowest BCUT2D eigenvalue weighted by Gasteiger charge is -2.06. The van der Waals surface area contributed by atoms with Crippen LogP contribution in [0.4, 0.5) is 8.78 Å². The van der Waals surface area contributed by atoms with Crippen LogP contribution in [0, 0.1) is 40.1 Å². The second-order valence-corrected chi connectivity index (χ2v) is 8.72. The number of thiophene rings is 1. The molecule has 1 aliphatic rings. The zero-order valence-corrected chi connectivity index (χ0v) is 16.5. The largest absolute Gasteiger partial charge is 0.206 e. The van der Waals surface area contributed by atoms with Gasteiger partial charge in [0.1, 0.15) is 17.0 Å². The summed E-state index contributed by atoms with van der Waals surface area (Å²) in [5.41, 5.74) is 0.788. The standard InChI is InChI=1S/C23H15F2NS2/c24-22-13-21(16-3-6-18(7-4-16)27-14-26)23(25)12-17(22)5-8-19-9-10-20(28-19)11-15-1-2-15/h3-4,6-7,9-10,12-13,15H,1-2,11H2. The monoisotopic (exact) mass is 407 g/mol. The van der Waals surface area contributed by atoms with Crippen LogP contribution in [-0.2, 0) is 6.42 Å². The molecule has 2 aromatic carbocycles. The van der Waals surface area contributed by atoms with Gasteiger partial charge in [-0.05, 0) is 78.9 Å². The Balaban J connectivity index is 1.56. The maximum absolute atomic E-state index is 14.6. The summed E-state index contributed by atoms with van der Waals surface area (Å²) < 4.78 is 29.0. The van der Waals surface area contributed by atoms with E-state index in [0.29, 0.717) is 5.56 Å². The van der Waals surface area contributed by atoms with Gasteiger partial charge in [-0.3, -0.25) is 0 Å². The van der Waals surface area contributed by atoms with E-state index in [1.165, 1.54) is 23.8 Å². The van der Waals surface area contributed by atoms with E-state index in [4.69, 9.17) is 5.26 Å². The van der Waals surface area contributed by atoms with Gasteiger partial charge < -0.3 is 0 Å². The molecule has 0 amide bonds. The van der Waals surface area contributed by atoms with Crippen LogP contribution in [0.5, 0.6) is 0 Å². The maximum atomic E-state index is 14.6. The first-order valence-corrected chi connectivity index (χ1v) is 10.5. The highest BCUT2D eigenvalue weighted by molar-refractivity contribution is 8.03. The van der Waals surface area contributed by atoms with Crippen molar-refractivity contribution in [3.05, 3.63) is 75.5 Å². The van der Waals surface area contributed by atoms with Gasteiger partial charge >= 0.3 is 0 Å². The summed E-state index contributed by atoms with van der Waals surface area (Å²) in [5, 5.41) is 10.7. The summed E-state index contributed by atoms with van der Waals surface area (Å²) >= 11 is 2.64. The molecule has 0 unspecified atom stereocenters. The van der Waals surface area contributed by atoms with Crippen molar-refractivity contribution < 1.29 is 8.78 Å². The molecule has 1 aliphatic carbocycles. The van der Waals surface area contributed by atoms with Crippen LogP contribution >= 0.6 is 23.1 Å². The molecule has 1 heterocycles. The molecular weight excluding hydrogens is 392 g/mol. The van der Waals surface area contributed by atoms with E-state index >= 15 is 0 Å². The van der Waals surface area contributed by atoms with E-state index in [1.54, 1.807) is 35.6 Å². The van der Waals surface area contributed by atoms with E-state index in [0.717, 1.165) is 39.9 Å². The molecule has 1 fully saturated rings. The molecule has 28 heavy (non-hydrogen) atoms. The Morgan fingerprint density at radius 2 is 1.79 bits per heavy atom. The topological polar surface area (TPSA) is 23.8 Å². The molecule has 138 valence electrons. The highest BCUT2D eigenvalue weighted by Crippen LogP contribution is 2.34. The van der Waals surface area contributed by atoms with E-state index in [1.807, 2.05) is 11.5 Å². The van der Waals surface area contributed by atoms with Crippen molar-refractivity contribution in [1.29, 1.82) is 5.26 Å². The third-order valence-corrected chi connectivity index (χ3v) is 6.18. The van der Waals surface area contributed by atoms with Gasteiger partial charge in [-0.1, -0.05) is 24.0 Å². The molecule has 1 saturated carbocycles. The van der Waals surface area contributed by atoms with E-state index < -0.39 is 11.6 Å². The summed E-state index contributed by atoms with van der Waals surface area (Å²) in [5.74, 6) is 5.46. The highest BCUT2D eigenvalue weighted by Gasteiger charge is 2.22. The molecule has 0 atom stereocenters. The average molecular weight is 408 g/mol. The van der Waals surface area contributed by atoms with Crippen LogP contribution in [0.15, 0.2) is 53.4 Å². The first-order valence-electron chi connectivity index (χ1n) is 8.88. The molecule has 5 heteroatoms. The van der Waals surface area contributed by atoms with Gasteiger partial charge in [-0.2, -0.15) is 5.26 Å².